The number of aryl methyl sites for hydroxylation is 2. The average molecular weight is 500 g/mol. The van der Waals surface area contributed by atoms with Crippen molar-refractivity contribution >= 4 is 0 Å². The summed E-state index contributed by atoms with van der Waals surface area (Å²) in [5.41, 5.74) is 1.44. The monoisotopic (exact) mass is 499 g/mol. The molecule has 0 saturated carbocycles. The Kier molecular flexibility index (Phi) is 8.45. The zero-order chi connectivity index (χ0) is 25.5. The molecule has 1 saturated heterocycles. The van der Waals surface area contributed by atoms with Gasteiger partial charge in [0.1, 0.15) is 30.4 Å². The summed E-state index contributed by atoms with van der Waals surface area (Å²) in [6, 6.07) is 10.4. The van der Waals surface area contributed by atoms with E-state index < -0.39 is 5.60 Å². The van der Waals surface area contributed by atoms with E-state index in [-0.39, 0.29) is 19.0 Å². The largest absolute Gasteiger partial charge is 0.493 e. The average Bonchev–Trinajstić information content (AvgIpc) is 3.18. The van der Waals surface area contributed by atoms with Gasteiger partial charge in [-0.15, -0.1) is 0 Å². The predicted octanol–water partition coefficient (Wildman–Crippen LogP) is 3.37. The fourth-order valence-electron chi connectivity index (χ4n) is 4.17. The Labute approximate surface area is 211 Å². The molecule has 1 aromatic heterocycles. The molecule has 2 aromatic carbocycles. The maximum absolute atomic E-state index is 13.5. The van der Waals surface area contributed by atoms with Crippen molar-refractivity contribution in [1.29, 1.82) is 0 Å². The lowest BCUT2D eigenvalue weighted by molar-refractivity contribution is -0.0646. The van der Waals surface area contributed by atoms with E-state index in [1.807, 2.05) is 42.2 Å². The summed E-state index contributed by atoms with van der Waals surface area (Å²) < 4.78 is 38.4. The SMILES string of the molecule is COc1cc(CN2CCOC[C@@](O)(COc3ccc(F)c(C)c3)C2)ccc1OCCn1cc(C)cn1. The molecule has 3 aromatic rings. The van der Waals surface area contributed by atoms with Gasteiger partial charge in [-0.1, -0.05) is 6.07 Å². The number of halogens is 1. The number of β-amino-alcohol motifs (C(OH)–C–C–N with tert-alkyl or cyclic N) is 1. The summed E-state index contributed by atoms with van der Waals surface area (Å²) in [7, 11) is 1.62. The van der Waals surface area contributed by atoms with Gasteiger partial charge in [0.25, 0.3) is 0 Å². The lowest BCUT2D eigenvalue weighted by atomic mass is 10.1. The molecule has 0 aliphatic carbocycles. The summed E-state index contributed by atoms with van der Waals surface area (Å²) in [6.07, 6.45) is 3.79. The van der Waals surface area contributed by atoms with Crippen molar-refractivity contribution in [2.75, 3.05) is 46.6 Å². The van der Waals surface area contributed by atoms with Crippen molar-refractivity contribution in [3.05, 3.63) is 71.3 Å². The zero-order valence-electron chi connectivity index (χ0n) is 21.1. The lowest BCUT2D eigenvalue weighted by Crippen LogP contribution is -2.48. The van der Waals surface area contributed by atoms with Crippen molar-refractivity contribution in [3.63, 3.8) is 0 Å². The van der Waals surface area contributed by atoms with Crippen LogP contribution in [-0.4, -0.2) is 72.0 Å². The topological polar surface area (TPSA) is 78.2 Å². The second-order valence-corrected chi connectivity index (χ2v) is 9.30. The first kappa shape index (κ1) is 25.9. The summed E-state index contributed by atoms with van der Waals surface area (Å²) in [5.74, 6) is 1.55. The van der Waals surface area contributed by atoms with Crippen LogP contribution in [0.3, 0.4) is 0 Å². The molecule has 36 heavy (non-hydrogen) atoms. The number of benzene rings is 2. The van der Waals surface area contributed by atoms with E-state index in [4.69, 9.17) is 18.9 Å². The number of hydrogen-bond acceptors (Lipinski definition) is 7. The van der Waals surface area contributed by atoms with Crippen molar-refractivity contribution in [2.24, 2.45) is 0 Å². The van der Waals surface area contributed by atoms with Gasteiger partial charge in [-0.25, -0.2) is 4.39 Å². The van der Waals surface area contributed by atoms with Crippen molar-refractivity contribution in [3.8, 4) is 17.2 Å². The minimum absolute atomic E-state index is 0.0421. The van der Waals surface area contributed by atoms with Crippen LogP contribution in [0.1, 0.15) is 16.7 Å². The molecule has 0 spiro atoms. The summed E-state index contributed by atoms with van der Waals surface area (Å²) in [4.78, 5) is 2.13. The van der Waals surface area contributed by atoms with Crippen LogP contribution >= 0.6 is 0 Å². The molecule has 1 fully saturated rings. The summed E-state index contributed by atoms with van der Waals surface area (Å²) >= 11 is 0. The molecule has 1 N–H and O–H groups in total. The van der Waals surface area contributed by atoms with Gasteiger partial charge in [-0.3, -0.25) is 9.58 Å². The summed E-state index contributed by atoms with van der Waals surface area (Å²) in [6.45, 7) is 7.15. The summed E-state index contributed by atoms with van der Waals surface area (Å²) in [5, 5.41) is 15.5. The molecule has 1 aliphatic rings. The Morgan fingerprint density at radius 3 is 2.75 bits per heavy atom. The zero-order valence-corrected chi connectivity index (χ0v) is 21.1. The van der Waals surface area contributed by atoms with E-state index >= 15 is 0 Å². The molecule has 4 rings (SSSR count). The first-order valence-corrected chi connectivity index (χ1v) is 12.0. The van der Waals surface area contributed by atoms with Crippen molar-refractivity contribution < 1.29 is 28.4 Å². The van der Waals surface area contributed by atoms with Crippen LogP contribution < -0.4 is 14.2 Å². The lowest BCUT2D eigenvalue weighted by Gasteiger charge is -2.30. The van der Waals surface area contributed by atoms with E-state index in [1.54, 1.807) is 26.2 Å². The number of ether oxygens (including phenoxy) is 4. The number of hydrogen-bond donors (Lipinski definition) is 1. The van der Waals surface area contributed by atoms with Crippen LogP contribution in [-0.2, 0) is 17.8 Å². The second kappa shape index (κ2) is 11.7. The highest BCUT2D eigenvalue weighted by atomic mass is 19.1. The highest BCUT2D eigenvalue weighted by Crippen LogP contribution is 2.29. The normalized spacial score (nSPS) is 18.6. The predicted molar refractivity (Wildman–Crippen MR) is 133 cm³/mol. The fourth-order valence-corrected chi connectivity index (χ4v) is 4.17. The third-order valence-corrected chi connectivity index (χ3v) is 6.05. The third-order valence-electron chi connectivity index (χ3n) is 6.05. The maximum Gasteiger partial charge on any atom is 0.161 e. The Balaban J connectivity index is 1.35. The number of aromatic nitrogens is 2. The number of methoxy groups -OCH3 is 1. The van der Waals surface area contributed by atoms with E-state index in [1.165, 1.54) is 6.07 Å². The van der Waals surface area contributed by atoms with Gasteiger partial charge in [0.05, 0.1) is 33.1 Å². The number of nitrogens with zero attached hydrogens (tertiary/aromatic N) is 3. The maximum atomic E-state index is 13.5. The Morgan fingerprint density at radius 1 is 1.14 bits per heavy atom. The molecule has 194 valence electrons. The van der Waals surface area contributed by atoms with E-state index in [2.05, 4.69) is 10.00 Å². The van der Waals surface area contributed by atoms with Crippen molar-refractivity contribution in [2.45, 2.75) is 32.5 Å². The molecular formula is C27H34FN3O5. The standard InChI is InChI=1S/C27H34FN3O5/c1-20-14-29-31(15-20)9-11-35-25-7-4-22(13-26(25)33-3)16-30-8-10-34-18-27(32,17-30)19-36-23-5-6-24(28)21(2)12-23/h4-7,12-15,32H,8-11,16-19H2,1-3H3/t27-/m1/s1. The fraction of sp³-hybridized carbons (Fsp3) is 0.444. The highest BCUT2D eigenvalue weighted by molar-refractivity contribution is 5.43. The number of aliphatic hydroxyl groups is 1. The highest BCUT2D eigenvalue weighted by Gasteiger charge is 2.33. The van der Waals surface area contributed by atoms with Crippen LogP contribution in [0.4, 0.5) is 4.39 Å². The van der Waals surface area contributed by atoms with Crippen molar-refractivity contribution in [1.82, 2.24) is 14.7 Å². The second-order valence-electron chi connectivity index (χ2n) is 9.30. The van der Waals surface area contributed by atoms with Gasteiger partial charge in [0.2, 0.25) is 0 Å². The molecule has 0 unspecified atom stereocenters. The van der Waals surface area contributed by atoms with E-state index in [0.717, 1.165) is 11.1 Å². The first-order chi connectivity index (χ1) is 17.3. The molecule has 1 aliphatic heterocycles. The molecule has 8 nitrogen and oxygen atoms in total. The van der Waals surface area contributed by atoms with Crippen LogP contribution in [0.15, 0.2) is 48.8 Å². The molecule has 0 radical (unpaired) electrons. The van der Waals surface area contributed by atoms with Crippen LogP contribution in [0.25, 0.3) is 0 Å². The third kappa shape index (κ3) is 6.96. The molecule has 9 heteroatoms. The Hall–Kier alpha value is -3.14. The molecular weight excluding hydrogens is 465 g/mol. The van der Waals surface area contributed by atoms with Gasteiger partial charge in [0, 0.05) is 25.8 Å². The Bertz CT molecular complexity index is 1150. The molecule has 1 atom stereocenters. The first-order valence-electron chi connectivity index (χ1n) is 12.0. The van der Waals surface area contributed by atoms with Gasteiger partial charge in [0.15, 0.2) is 11.5 Å². The number of rotatable bonds is 10. The Morgan fingerprint density at radius 2 is 2.00 bits per heavy atom. The van der Waals surface area contributed by atoms with Crippen LogP contribution in [0.5, 0.6) is 17.2 Å². The van der Waals surface area contributed by atoms with Gasteiger partial charge in [-0.2, -0.15) is 5.10 Å². The van der Waals surface area contributed by atoms with Crippen LogP contribution in [0, 0.1) is 19.7 Å². The molecule has 2 heterocycles. The van der Waals surface area contributed by atoms with Crippen LogP contribution in [0.2, 0.25) is 0 Å². The van der Waals surface area contributed by atoms with Gasteiger partial charge >= 0.3 is 0 Å². The smallest absolute Gasteiger partial charge is 0.161 e. The van der Waals surface area contributed by atoms with Gasteiger partial charge < -0.3 is 24.1 Å². The quantitative estimate of drug-likeness (QED) is 0.458. The van der Waals surface area contributed by atoms with Gasteiger partial charge in [-0.05, 0) is 60.9 Å². The molecule has 0 amide bonds. The minimum atomic E-state index is -1.20. The molecule has 0 bridgehead atoms. The van der Waals surface area contributed by atoms with E-state index in [9.17, 15) is 9.50 Å². The minimum Gasteiger partial charge on any atom is -0.493 e. The van der Waals surface area contributed by atoms with E-state index in [0.29, 0.717) is 62.2 Å².